The van der Waals surface area contributed by atoms with Gasteiger partial charge in [-0.1, -0.05) is 71.1 Å². The fourth-order valence-electron chi connectivity index (χ4n) is 10.7. The largest absolute Gasteiger partial charge is 0.460 e. The second-order valence-corrected chi connectivity index (χ2v) is 21.1. The van der Waals surface area contributed by atoms with Crippen molar-refractivity contribution < 1.29 is 67.9 Å². The first-order valence-electron chi connectivity index (χ1n) is 25.7. The highest BCUT2D eigenvalue weighted by Crippen LogP contribution is 2.38. The summed E-state index contributed by atoms with van der Waals surface area (Å²) in [4.78, 5) is 93.0. The highest BCUT2D eigenvalue weighted by molar-refractivity contribution is 6.39. The maximum atomic E-state index is 14.5. The highest BCUT2D eigenvalue weighted by atomic mass is 16.7. The monoisotopic (exact) mass is 1000 g/mol. The van der Waals surface area contributed by atoms with Crippen LogP contribution in [-0.2, 0) is 47.8 Å². The van der Waals surface area contributed by atoms with Crippen LogP contribution in [0.25, 0.3) is 0 Å². The maximum absolute atomic E-state index is 14.5. The third-order valence-corrected chi connectivity index (χ3v) is 15.3. The average Bonchev–Trinajstić information content (AvgIpc) is 3.34. The topological polar surface area (TPSA) is 219 Å². The quantitative estimate of drug-likeness (QED) is 0.114. The predicted octanol–water partition coefficient (Wildman–Crippen LogP) is 6.08. The fraction of sp³-hybridized carbons (Fsp3) is 0.741. The van der Waals surface area contributed by atoms with Crippen LogP contribution >= 0.6 is 0 Å². The molecule has 4 rings (SSSR count). The number of nitrogens with zero attached hydrogens (tertiary/aromatic N) is 3. The van der Waals surface area contributed by atoms with E-state index < -0.39 is 89.8 Å². The number of carbonyl (C=O) groups is 6. The molecule has 0 spiro atoms. The number of urea groups is 1. The van der Waals surface area contributed by atoms with Crippen LogP contribution in [0, 0.1) is 35.5 Å². The molecular weight excluding hydrogens is 915 g/mol. The number of ether oxygens (including phenoxy) is 4. The molecule has 4 aliphatic rings. The SMILES string of the molecule is CO[C@@H]1C[C@H](C[C@@H](C)[C@@H]2CC(=O)[C@H](C)/C=C(\C)[C@@H](O)[C@@H](OC)C(=O)[C@H](C)C[C@H](C)/C=C/C=C/C=C(\C)[C@H](N(OC)C(=O)N(C)C)C[C@@H]3CC[C@@H](C)[C@@](O)(O3)C(=O)C(=O)N3CCCC[C@H]3C(=O)O2)CC[C@H]1O. The molecule has 0 unspecified atom stereocenters. The lowest BCUT2D eigenvalue weighted by atomic mass is 9.78. The third-order valence-electron chi connectivity index (χ3n) is 15.3. The van der Waals surface area contributed by atoms with Crippen molar-refractivity contribution in [3.05, 3.63) is 47.6 Å². The van der Waals surface area contributed by atoms with E-state index in [1.165, 1.54) is 24.2 Å². The summed E-state index contributed by atoms with van der Waals surface area (Å²) in [5.41, 5.74) is 1.06. The van der Waals surface area contributed by atoms with Crippen molar-refractivity contribution in [3.8, 4) is 0 Å². The number of methoxy groups -OCH3 is 2. The van der Waals surface area contributed by atoms with Gasteiger partial charge in [0.1, 0.15) is 30.1 Å². The molecule has 17 heteroatoms. The summed E-state index contributed by atoms with van der Waals surface area (Å²) in [5, 5.41) is 35.4. The van der Waals surface area contributed by atoms with Crippen molar-refractivity contribution in [2.24, 2.45) is 35.5 Å². The molecular formula is C54H85N3O14. The summed E-state index contributed by atoms with van der Waals surface area (Å²) < 4.78 is 23.7. The van der Waals surface area contributed by atoms with Gasteiger partial charge in [-0.2, -0.15) is 5.06 Å². The van der Waals surface area contributed by atoms with Gasteiger partial charge in [-0.05, 0) is 107 Å². The van der Waals surface area contributed by atoms with Crippen LogP contribution in [0.2, 0.25) is 0 Å². The minimum Gasteiger partial charge on any atom is -0.460 e. The molecule has 71 heavy (non-hydrogen) atoms. The van der Waals surface area contributed by atoms with Crippen LogP contribution in [-0.4, -0.2) is 162 Å². The number of esters is 1. The number of cyclic esters (lactones) is 1. The molecule has 3 amide bonds. The number of hydrogen-bond acceptors (Lipinski definition) is 14. The van der Waals surface area contributed by atoms with E-state index in [2.05, 4.69) is 0 Å². The number of allylic oxidation sites excluding steroid dienone is 6. The van der Waals surface area contributed by atoms with Crippen LogP contribution in [0.1, 0.15) is 126 Å². The summed E-state index contributed by atoms with van der Waals surface area (Å²) >= 11 is 0. The van der Waals surface area contributed by atoms with Crippen LogP contribution < -0.4 is 0 Å². The molecule has 0 aromatic heterocycles. The Bertz CT molecular complexity index is 1970. The Hall–Kier alpha value is -4.10. The van der Waals surface area contributed by atoms with E-state index in [1.807, 2.05) is 45.1 Å². The minimum absolute atomic E-state index is 0.0382. The first kappa shape index (κ1) is 59.5. The van der Waals surface area contributed by atoms with Gasteiger partial charge in [0.15, 0.2) is 5.78 Å². The predicted molar refractivity (Wildman–Crippen MR) is 266 cm³/mol. The van der Waals surface area contributed by atoms with Crippen molar-refractivity contribution in [1.82, 2.24) is 14.9 Å². The van der Waals surface area contributed by atoms with Gasteiger partial charge in [0.05, 0.1) is 31.5 Å². The number of amides is 3. The van der Waals surface area contributed by atoms with Crippen LogP contribution in [0.5, 0.6) is 0 Å². The Kier molecular flexibility index (Phi) is 22.8. The van der Waals surface area contributed by atoms with E-state index in [0.717, 1.165) is 4.90 Å². The molecule has 2 saturated heterocycles. The van der Waals surface area contributed by atoms with E-state index in [4.69, 9.17) is 23.8 Å². The number of piperidine rings is 1. The van der Waals surface area contributed by atoms with Gasteiger partial charge in [0, 0.05) is 65.5 Å². The molecule has 1 saturated carbocycles. The van der Waals surface area contributed by atoms with Gasteiger partial charge in [0.25, 0.3) is 11.7 Å². The normalized spacial score (nSPS) is 37.9. The number of carbonyl (C=O) groups excluding carboxylic acids is 6. The van der Waals surface area contributed by atoms with E-state index in [9.17, 15) is 44.1 Å². The van der Waals surface area contributed by atoms with Crippen molar-refractivity contribution in [3.63, 3.8) is 0 Å². The summed E-state index contributed by atoms with van der Waals surface area (Å²) in [6.45, 7) is 12.5. The summed E-state index contributed by atoms with van der Waals surface area (Å²) in [6.07, 6.45) is 10.2. The van der Waals surface area contributed by atoms with Gasteiger partial charge in [-0.15, -0.1) is 0 Å². The summed E-state index contributed by atoms with van der Waals surface area (Å²) in [6, 6.07) is -2.39. The molecule has 3 aliphatic heterocycles. The molecule has 3 heterocycles. The Morgan fingerprint density at radius 2 is 1.59 bits per heavy atom. The number of Topliss-reactive ketones (excluding diaryl/α,β-unsaturated/α-hetero) is 3. The molecule has 1 aliphatic carbocycles. The fourth-order valence-corrected chi connectivity index (χ4v) is 10.7. The second kappa shape index (κ2) is 27.3. The number of aliphatic hydroxyl groups excluding tert-OH is 2. The first-order chi connectivity index (χ1) is 33.5. The summed E-state index contributed by atoms with van der Waals surface area (Å²) in [5.74, 6) is -8.61. The van der Waals surface area contributed by atoms with E-state index in [0.29, 0.717) is 68.9 Å². The molecule has 3 fully saturated rings. The van der Waals surface area contributed by atoms with Crippen molar-refractivity contribution in [2.45, 2.75) is 180 Å². The minimum atomic E-state index is -2.56. The zero-order chi connectivity index (χ0) is 52.9. The number of fused-ring (bicyclic) bond motifs is 3. The lowest BCUT2D eigenvalue weighted by Gasteiger charge is -2.43. The maximum Gasteiger partial charge on any atom is 0.343 e. The van der Waals surface area contributed by atoms with E-state index >= 15 is 0 Å². The number of hydroxylamine groups is 2. The lowest BCUT2D eigenvalue weighted by Crippen LogP contribution is -2.61. The zero-order valence-corrected chi connectivity index (χ0v) is 44.4. The van der Waals surface area contributed by atoms with Crippen LogP contribution in [0.3, 0.4) is 0 Å². The van der Waals surface area contributed by atoms with Gasteiger partial charge < -0.3 is 44.1 Å². The van der Waals surface area contributed by atoms with Crippen molar-refractivity contribution in [1.29, 1.82) is 0 Å². The van der Waals surface area contributed by atoms with Gasteiger partial charge in [0.2, 0.25) is 5.79 Å². The Morgan fingerprint density at radius 1 is 0.887 bits per heavy atom. The smallest absolute Gasteiger partial charge is 0.343 e. The van der Waals surface area contributed by atoms with E-state index in [-0.39, 0.29) is 61.2 Å². The molecule has 2 bridgehead atoms. The molecule has 17 nitrogen and oxygen atoms in total. The van der Waals surface area contributed by atoms with E-state index in [1.54, 1.807) is 61.1 Å². The van der Waals surface area contributed by atoms with Crippen LogP contribution in [0.15, 0.2) is 47.6 Å². The number of hydrogen-bond donors (Lipinski definition) is 3. The molecule has 0 aromatic rings. The van der Waals surface area contributed by atoms with Gasteiger partial charge >= 0.3 is 12.0 Å². The lowest BCUT2D eigenvalue weighted by molar-refractivity contribution is -0.266. The van der Waals surface area contributed by atoms with Gasteiger partial charge in [-0.3, -0.25) is 24.0 Å². The number of aliphatic hydroxyl groups is 3. The average molecular weight is 1000 g/mol. The number of rotatable bonds is 7. The van der Waals surface area contributed by atoms with Crippen molar-refractivity contribution >= 4 is 35.3 Å². The molecule has 3 N–H and O–H groups in total. The first-order valence-corrected chi connectivity index (χ1v) is 25.7. The second-order valence-electron chi connectivity index (χ2n) is 21.1. The Balaban J connectivity index is 1.77. The van der Waals surface area contributed by atoms with Crippen LogP contribution in [0.4, 0.5) is 4.79 Å². The highest BCUT2D eigenvalue weighted by Gasteiger charge is 2.53. The number of ketones is 3. The Morgan fingerprint density at radius 3 is 2.24 bits per heavy atom. The molecule has 0 aromatic carbocycles. The third kappa shape index (κ3) is 15.5. The molecule has 400 valence electrons. The summed E-state index contributed by atoms with van der Waals surface area (Å²) in [7, 11) is 7.47. The zero-order valence-electron chi connectivity index (χ0n) is 44.4. The molecule has 15 atom stereocenters. The van der Waals surface area contributed by atoms with Gasteiger partial charge in [-0.25, -0.2) is 9.59 Å². The standard InChI is InChI=1S/C54H85N3O14/c1-32-18-14-13-15-19-33(2)42(57(69-12)53(65)55(8)9)30-40-23-21-38(7)54(66,71-40)50(62)51(63)56-25-17-16-20-41(56)52(64)70-45(35(4)28-39-22-24-43(58)46(29-39)67-10)31-44(59)34(3)27-37(6)48(61)49(68-11)47(60)36(5)26-32/h13-15,18-19,27,32,34-36,38-43,45-46,48-49,58,61,66H,16-17,20-26,28-31H2,1-12H3/b15-13+,18-14+,33-19+,37-27+/t32-,34-,35-,36-,38-,39+,40+,41+,42-,43-,45+,46-,48-,49+,54-/m1/s1. The Labute approximate surface area is 421 Å². The van der Waals surface area contributed by atoms with Crippen molar-refractivity contribution in [2.75, 3.05) is 42.0 Å². The molecule has 0 radical (unpaired) electrons.